The van der Waals surface area contributed by atoms with Crippen molar-refractivity contribution in [1.29, 1.82) is 0 Å². The van der Waals surface area contributed by atoms with E-state index in [2.05, 4.69) is 126 Å². The molecule has 4 rings (SSSR count). The van der Waals surface area contributed by atoms with Crippen LogP contribution in [-0.4, -0.2) is 22.6 Å². The molecule has 0 saturated heterocycles. The average molecular weight is 847 g/mol. The Morgan fingerprint density at radius 2 is 1.20 bits per heavy atom. The highest BCUT2D eigenvalue weighted by Gasteiger charge is 2.44. The van der Waals surface area contributed by atoms with Gasteiger partial charge in [0, 0.05) is 23.8 Å². The molecular weight excluding hydrogens is 784 g/mol. The van der Waals surface area contributed by atoms with Crippen LogP contribution in [0.3, 0.4) is 0 Å². The zero-order valence-corrected chi connectivity index (χ0v) is 39.0. The molecule has 60 heavy (non-hydrogen) atoms. The molecule has 2 aliphatic carbocycles. The Kier molecular flexibility index (Phi) is 16.3. The summed E-state index contributed by atoms with van der Waals surface area (Å²) in [6.45, 7) is 24.7. The van der Waals surface area contributed by atoms with Crippen LogP contribution in [0.15, 0.2) is 154 Å². The number of pyridine rings is 2. The number of nitrogens with two attached hydrogens (primary N) is 1. The van der Waals surface area contributed by atoms with Crippen molar-refractivity contribution in [1.82, 2.24) is 4.98 Å². The van der Waals surface area contributed by atoms with Crippen molar-refractivity contribution in [3.05, 3.63) is 176 Å². The quantitative estimate of drug-likeness (QED) is 0.119. The number of ketones is 2. The first-order chi connectivity index (χ1) is 28.1. The van der Waals surface area contributed by atoms with Crippen molar-refractivity contribution in [2.24, 2.45) is 10.8 Å². The van der Waals surface area contributed by atoms with E-state index in [1.165, 1.54) is 0 Å². The van der Waals surface area contributed by atoms with Crippen molar-refractivity contribution in [2.75, 3.05) is 11.1 Å². The van der Waals surface area contributed by atoms with Crippen molar-refractivity contribution >= 4 is 46.1 Å². The fourth-order valence-corrected chi connectivity index (χ4v) is 8.22. The molecule has 2 atom stereocenters. The first-order valence-corrected chi connectivity index (χ1v) is 21.3. The molecule has 2 aliphatic rings. The molecule has 0 aliphatic heterocycles. The van der Waals surface area contributed by atoms with Crippen LogP contribution >= 0.6 is 23.2 Å². The molecule has 0 fully saturated rings. The Hall–Kier alpha value is -5.04. The van der Waals surface area contributed by atoms with Gasteiger partial charge in [0.1, 0.15) is 5.69 Å². The molecule has 0 spiro atoms. The lowest BCUT2D eigenvalue weighted by atomic mass is 9.70. The molecule has 3 N–H and O–H groups in total. The van der Waals surface area contributed by atoms with Crippen molar-refractivity contribution in [3.8, 4) is 0 Å². The Morgan fingerprint density at radius 1 is 0.717 bits per heavy atom. The molecule has 2 unspecified atom stereocenters. The monoisotopic (exact) mass is 845 g/mol. The number of nitrogens with one attached hydrogen (secondary N) is 1. The molecule has 2 aromatic rings. The van der Waals surface area contributed by atoms with E-state index in [4.69, 9.17) is 28.9 Å². The highest BCUT2D eigenvalue weighted by Crippen LogP contribution is 2.43. The van der Waals surface area contributed by atoms with Gasteiger partial charge in [-0.3, -0.25) is 9.59 Å². The third-order valence-electron chi connectivity index (χ3n) is 11.2. The van der Waals surface area contributed by atoms with Gasteiger partial charge in [0.05, 0.1) is 11.7 Å². The van der Waals surface area contributed by atoms with Gasteiger partial charge in [-0.2, -0.15) is 4.57 Å². The number of Topliss-reactive ketones (excluding diaryl/α,β-unsaturated/α-hetero) is 2. The highest BCUT2D eigenvalue weighted by atomic mass is 35.5. The number of aromatic nitrogens is 2. The molecule has 6 nitrogen and oxygen atoms in total. The SMILES string of the molecule is CC1=C(/C=C/C(C)=C/C=C/C(C)=C/C=C/C=C(C)/C=C/C=C(C)/C=C/C2=C(C)C(=O)C([n+]3cc(C)cc(N)c3Cl)CC2(C)C)C(C)(C)CC(Nc2cc(C)cnc2Cl)C1=O. The van der Waals surface area contributed by atoms with Crippen LogP contribution in [0, 0.1) is 24.7 Å². The van der Waals surface area contributed by atoms with Crippen LogP contribution in [0.2, 0.25) is 10.3 Å². The maximum absolute atomic E-state index is 13.6. The van der Waals surface area contributed by atoms with Gasteiger partial charge in [0.2, 0.25) is 11.8 Å². The van der Waals surface area contributed by atoms with Crippen molar-refractivity contribution in [2.45, 2.75) is 108 Å². The van der Waals surface area contributed by atoms with E-state index in [-0.39, 0.29) is 28.4 Å². The zero-order chi connectivity index (χ0) is 44.5. The van der Waals surface area contributed by atoms with Gasteiger partial charge in [-0.1, -0.05) is 147 Å². The fraction of sp³-hybridized carbons (Fsp3) is 0.346. The molecule has 8 heteroatoms. The summed E-state index contributed by atoms with van der Waals surface area (Å²) >= 11 is 12.9. The third-order valence-corrected chi connectivity index (χ3v) is 11.9. The van der Waals surface area contributed by atoms with Crippen LogP contribution in [-0.2, 0) is 9.59 Å². The Balaban J connectivity index is 1.32. The van der Waals surface area contributed by atoms with E-state index in [9.17, 15) is 9.59 Å². The number of aryl methyl sites for hydroxylation is 2. The number of hydrogen-bond donors (Lipinski definition) is 2. The average Bonchev–Trinajstić information content (AvgIpc) is 3.16. The van der Waals surface area contributed by atoms with E-state index >= 15 is 0 Å². The molecule has 2 aromatic heterocycles. The lowest BCUT2D eigenvalue weighted by Crippen LogP contribution is -2.50. The highest BCUT2D eigenvalue weighted by molar-refractivity contribution is 6.32. The van der Waals surface area contributed by atoms with E-state index in [0.29, 0.717) is 34.5 Å². The Labute approximate surface area is 369 Å². The summed E-state index contributed by atoms with van der Waals surface area (Å²) in [6.07, 6.45) is 33.8. The number of allylic oxidation sites excluding steroid dienone is 21. The number of carbonyl (C=O) groups is 2. The summed E-state index contributed by atoms with van der Waals surface area (Å²) in [4.78, 5) is 31.2. The van der Waals surface area contributed by atoms with E-state index < -0.39 is 6.04 Å². The summed E-state index contributed by atoms with van der Waals surface area (Å²) in [5.41, 5.74) is 16.8. The molecule has 0 radical (unpaired) electrons. The maximum Gasteiger partial charge on any atom is 0.298 e. The number of rotatable bonds is 13. The molecule has 0 aromatic carbocycles. The third kappa shape index (κ3) is 12.5. The summed E-state index contributed by atoms with van der Waals surface area (Å²) in [7, 11) is 0. The first kappa shape index (κ1) is 47.6. The second kappa shape index (κ2) is 20.5. The van der Waals surface area contributed by atoms with Crippen molar-refractivity contribution < 1.29 is 14.2 Å². The smallest absolute Gasteiger partial charge is 0.298 e. The largest absolute Gasteiger partial charge is 0.393 e. The number of nitrogens with zero attached hydrogens (tertiary/aromatic N) is 2. The van der Waals surface area contributed by atoms with Gasteiger partial charge in [-0.05, 0) is 119 Å². The van der Waals surface area contributed by atoms with Crippen molar-refractivity contribution in [3.63, 3.8) is 0 Å². The lowest BCUT2D eigenvalue weighted by Gasteiger charge is -2.37. The predicted molar refractivity (Wildman–Crippen MR) is 254 cm³/mol. The molecule has 316 valence electrons. The first-order valence-electron chi connectivity index (χ1n) is 20.6. The molecular formula is C52H63Cl2N4O2+. The molecule has 0 amide bonds. The minimum atomic E-state index is -0.396. The standard InChI is InChI=1S/C52H63Cl2N4O2/c1-33(19-15-21-35(3)23-25-41-39(7)47(59)45(29-51(41,9)10)57-44-28-37(5)31-56-49(44)53)17-13-14-18-34(2)20-16-22-36(4)24-26-42-40(8)48(60)46(30-52(42,11)12)58-32-38(6)27-43(55)50(58)54/h13-28,31-32,45-46,57H,29-30,55H2,1-12H3/q+1/b14-13+,19-15+,20-16+,25-23+,26-24+,33-17+,34-18+,35-21+,36-22+. The van der Waals surface area contributed by atoms with Gasteiger partial charge in [0.25, 0.3) is 5.15 Å². The number of hydrogen-bond acceptors (Lipinski definition) is 5. The van der Waals surface area contributed by atoms with Crippen LogP contribution in [0.1, 0.15) is 99.2 Å². The second-order valence-corrected chi connectivity index (χ2v) is 18.3. The lowest BCUT2D eigenvalue weighted by molar-refractivity contribution is -0.708. The summed E-state index contributed by atoms with van der Waals surface area (Å²) in [5.74, 6) is 0.148. The Morgan fingerprint density at radius 3 is 1.75 bits per heavy atom. The van der Waals surface area contributed by atoms with E-state index in [1.807, 2.05) is 74.9 Å². The fourth-order valence-electron chi connectivity index (χ4n) is 7.84. The number of carbonyl (C=O) groups excluding carboxylic acids is 2. The minimum Gasteiger partial charge on any atom is -0.393 e. The van der Waals surface area contributed by atoms with E-state index in [0.717, 1.165) is 55.7 Å². The molecule has 2 heterocycles. The normalized spacial score (nSPS) is 21.0. The van der Waals surface area contributed by atoms with Crippen LogP contribution < -0.4 is 15.6 Å². The van der Waals surface area contributed by atoms with Gasteiger partial charge < -0.3 is 11.1 Å². The number of anilines is 2. The second-order valence-electron chi connectivity index (χ2n) is 17.6. The van der Waals surface area contributed by atoms with Crippen LogP contribution in [0.5, 0.6) is 0 Å². The maximum atomic E-state index is 13.6. The van der Waals surface area contributed by atoms with Gasteiger partial charge >= 0.3 is 0 Å². The minimum absolute atomic E-state index is 0.0672. The van der Waals surface area contributed by atoms with Crippen LogP contribution in [0.4, 0.5) is 11.4 Å². The van der Waals surface area contributed by atoms with Gasteiger partial charge in [-0.15, -0.1) is 0 Å². The van der Waals surface area contributed by atoms with Gasteiger partial charge in [0.15, 0.2) is 17.1 Å². The topological polar surface area (TPSA) is 89.0 Å². The summed E-state index contributed by atoms with van der Waals surface area (Å²) < 4.78 is 1.83. The zero-order valence-electron chi connectivity index (χ0n) is 37.5. The molecule has 0 saturated carbocycles. The summed E-state index contributed by atoms with van der Waals surface area (Å²) in [6, 6.07) is 2.99. The molecule has 0 bridgehead atoms. The number of halogens is 2. The summed E-state index contributed by atoms with van der Waals surface area (Å²) in [5, 5.41) is 4.12. The number of nitrogen functional groups attached to an aromatic ring is 1. The Bertz CT molecular complexity index is 2350. The van der Waals surface area contributed by atoms with Crippen LogP contribution in [0.25, 0.3) is 0 Å². The van der Waals surface area contributed by atoms with Gasteiger partial charge in [-0.25, -0.2) is 4.98 Å². The predicted octanol–water partition coefficient (Wildman–Crippen LogP) is 13.1. The van der Waals surface area contributed by atoms with E-state index in [1.54, 1.807) is 6.20 Å².